The lowest BCUT2D eigenvalue weighted by atomic mass is 9.75. The van der Waals surface area contributed by atoms with Gasteiger partial charge in [0.25, 0.3) is 0 Å². The number of benzene rings is 1. The number of hydrogen-bond acceptors (Lipinski definition) is 0. The normalized spacial score (nSPS) is 32.5. The molecule has 17 heavy (non-hydrogen) atoms. The molecule has 1 aromatic rings. The summed E-state index contributed by atoms with van der Waals surface area (Å²) in [6, 6.07) is 9.68. The zero-order chi connectivity index (χ0) is 12.5. The molecular weight excluding hydrogens is 321 g/mol. The second-order valence-corrected chi connectivity index (χ2v) is 7.61. The lowest BCUT2D eigenvalue weighted by Crippen LogP contribution is -2.43. The Morgan fingerprint density at radius 3 is 1.94 bits per heavy atom. The van der Waals surface area contributed by atoms with Crippen molar-refractivity contribution in [1.29, 1.82) is 0 Å². The molecule has 5 heteroatoms. The van der Waals surface area contributed by atoms with Crippen molar-refractivity contribution in [1.82, 2.24) is 0 Å². The van der Waals surface area contributed by atoms with Gasteiger partial charge >= 0.3 is 0 Å². The van der Waals surface area contributed by atoms with Crippen LogP contribution >= 0.6 is 58.0 Å². The Morgan fingerprint density at radius 1 is 0.941 bits per heavy atom. The molecular formula is C12H7Cl5. The zero-order valence-electron chi connectivity index (χ0n) is 8.48. The Bertz CT molecular complexity index is 517. The first-order valence-corrected chi connectivity index (χ1v) is 6.95. The predicted molar refractivity (Wildman–Crippen MR) is 75.1 cm³/mol. The van der Waals surface area contributed by atoms with E-state index >= 15 is 0 Å². The summed E-state index contributed by atoms with van der Waals surface area (Å²) in [6.07, 6.45) is 0.524. The Hall–Kier alpha value is 0.410. The summed E-state index contributed by atoms with van der Waals surface area (Å²) in [5.74, 6) is 0. The number of allylic oxidation sites excluding steroid dienone is 2. The minimum absolute atomic E-state index is 0.426. The maximum atomic E-state index is 6.24. The van der Waals surface area contributed by atoms with E-state index in [9.17, 15) is 0 Å². The van der Waals surface area contributed by atoms with Crippen LogP contribution in [0.5, 0.6) is 0 Å². The van der Waals surface area contributed by atoms with Gasteiger partial charge in [-0.3, -0.25) is 0 Å². The van der Waals surface area contributed by atoms with Gasteiger partial charge in [-0.2, -0.15) is 0 Å². The average molecular weight is 328 g/mol. The van der Waals surface area contributed by atoms with Gasteiger partial charge in [-0.25, -0.2) is 0 Å². The van der Waals surface area contributed by atoms with E-state index in [2.05, 4.69) is 0 Å². The van der Waals surface area contributed by atoms with E-state index in [4.69, 9.17) is 58.0 Å². The summed E-state index contributed by atoms with van der Waals surface area (Å²) >= 11 is 31.1. The van der Waals surface area contributed by atoms with Crippen molar-refractivity contribution in [3.63, 3.8) is 0 Å². The molecule has 1 spiro atoms. The van der Waals surface area contributed by atoms with Crippen molar-refractivity contribution >= 4 is 63.6 Å². The van der Waals surface area contributed by atoms with Gasteiger partial charge in [0.15, 0.2) is 4.33 Å². The highest BCUT2D eigenvalue weighted by atomic mass is 35.5. The quantitative estimate of drug-likeness (QED) is 0.607. The number of halogens is 5. The van der Waals surface area contributed by atoms with Crippen LogP contribution in [0.2, 0.25) is 0 Å². The second-order valence-electron chi connectivity index (χ2n) is 4.42. The monoisotopic (exact) mass is 326 g/mol. The van der Waals surface area contributed by atoms with Crippen LogP contribution in [0.4, 0.5) is 0 Å². The molecule has 0 unspecified atom stereocenters. The molecule has 0 bridgehead atoms. The first-order chi connectivity index (χ1) is 7.84. The minimum atomic E-state index is -1.18. The van der Waals surface area contributed by atoms with Gasteiger partial charge < -0.3 is 0 Å². The SMILES string of the molecule is ClC1=C(c2ccccc2)[C@@]2(CC2(Cl)Cl)C1(Cl)Cl. The third-order valence-electron chi connectivity index (χ3n) is 3.51. The van der Waals surface area contributed by atoms with Crippen LogP contribution in [0, 0.1) is 5.41 Å². The molecule has 3 rings (SSSR count). The first kappa shape index (κ1) is 12.4. The van der Waals surface area contributed by atoms with Gasteiger partial charge in [-0.1, -0.05) is 65.1 Å². The summed E-state index contributed by atoms with van der Waals surface area (Å²) < 4.78 is -2.11. The number of alkyl halides is 4. The van der Waals surface area contributed by atoms with Crippen LogP contribution in [0.15, 0.2) is 35.4 Å². The Labute approximate surface area is 124 Å². The van der Waals surface area contributed by atoms with Gasteiger partial charge in [-0.05, 0) is 17.6 Å². The molecule has 0 N–H and O–H groups in total. The number of hydrogen-bond donors (Lipinski definition) is 0. The summed E-state index contributed by atoms with van der Waals surface area (Å²) in [5.41, 5.74) is 1.21. The topological polar surface area (TPSA) is 0 Å². The third kappa shape index (κ3) is 1.34. The molecule has 0 amide bonds. The second kappa shape index (κ2) is 3.49. The van der Waals surface area contributed by atoms with Crippen LogP contribution in [0.25, 0.3) is 5.57 Å². The van der Waals surface area contributed by atoms with Crippen LogP contribution in [0.3, 0.4) is 0 Å². The fourth-order valence-electron chi connectivity index (χ4n) is 2.50. The smallest absolute Gasteiger partial charge is 0.100 e. The molecule has 90 valence electrons. The largest absolute Gasteiger partial charge is 0.166 e. The van der Waals surface area contributed by atoms with Crippen molar-refractivity contribution in [3.8, 4) is 0 Å². The highest BCUT2D eigenvalue weighted by Crippen LogP contribution is 2.84. The van der Waals surface area contributed by atoms with E-state index in [0.717, 1.165) is 11.1 Å². The summed E-state index contributed by atoms with van der Waals surface area (Å²) in [7, 11) is 0. The predicted octanol–water partition coefficient (Wildman–Crippen LogP) is 5.39. The first-order valence-electron chi connectivity index (χ1n) is 5.06. The molecule has 0 heterocycles. The van der Waals surface area contributed by atoms with Gasteiger partial charge in [-0.15, -0.1) is 23.2 Å². The van der Waals surface area contributed by atoms with Gasteiger partial charge in [0.05, 0.1) is 10.4 Å². The Balaban J connectivity index is 2.16. The molecule has 0 aliphatic heterocycles. The highest BCUT2D eigenvalue weighted by molar-refractivity contribution is 6.65. The van der Waals surface area contributed by atoms with E-state index in [1.807, 2.05) is 30.3 Å². The maximum Gasteiger partial charge on any atom is 0.166 e. The summed E-state index contributed by atoms with van der Waals surface area (Å²) in [4.78, 5) is 0. The number of rotatable bonds is 1. The molecule has 2 aliphatic rings. The molecule has 0 nitrogen and oxygen atoms in total. The van der Waals surface area contributed by atoms with Crippen molar-refractivity contribution in [2.45, 2.75) is 15.1 Å². The van der Waals surface area contributed by atoms with Crippen molar-refractivity contribution < 1.29 is 0 Å². The van der Waals surface area contributed by atoms with Crippen LogP contribution in [0.1, 0.15) is 12.0 Å². The maximum absolute atomic E-state index is 6.24. The van der Waals surface area contributed by atoms with E-state index in [0.29, 0.717) is 11.5 Å². The summed E-state index contributed by atoms with van der Waals surface area (Å²) in [5, 5.41) is 0.426. The molecule has 1 fully saturated rings. The molecule has 1 aromatic carbocycles. The fraction of sp³-hybridized carbons (Fsp3) is 0.333. The lowest BCUT2D eigenvalue weighted by Gasteiger charge is -2.44. The average Bonchev–Trinajstić information content (AvgIpc) is 2.87. The zero-order valence-corrected chi connectivity index (χ0v) is 12.3. The Kier molecular flexibility index (Phi) is 2.56. The molecule has 1 atom stereocenters. The molecule has 2 aliphatic carbocycles. The van der Waals surface area contributed by atoms with E-state index in [1.54, 1.807) is 0 Å². The van der Waals surface area contributed by atoms with Crippen molar-refractivity contribution in [2.24, 2.45) is 5.41 Å². The van der Waals surface area contributed by atoms with Crippen molar-refractivity contribution in [2.75, 3.05) is 0 Å². The van der Waals surface area contributed by atoms with Crippen molar-refractivity contribution in [3.05, 3.63) is 40.9 Å². The van der Waals surface area contributed by atoms with Gasteiger partial charge in [0, 0.05) is 0 Å². The molecule has 0 aromatic heterocycles. The van der Waals surface area contributed by atoms with Crippen LogP contribution in [-0.2, 0) is 0 Å². The minimum Gasteiger partial charge on any atom is -0.100 e. The molecule has 0 saturated heterocycles. The summed E-state index contributed by atoms with van der Waals surface area (Å²) in [6.45, 7) is 0. The van der Waals surface area contributed by atoms with Gasteiger partial charge in [0.2, 0.25) is 0 Å². The Morgan fingerprint density at radius 2 is 1.47 bits per heavy atom. The van der Waals surface area contributed by atoms with Crippen LogP contribution < -0.4 is 0 Å². The molecule has 1 saturated carbocycles. The van der Waals surface area contributed by atoms with E-state index < -0.39 is 14.1 Å². The standard InChI is InChI=1S/C12H7Cl5/c13-9-8(7-4-2-1-3-5-7)10(12(9,16)17)6-11(10,14)15/h1-5H,6H2/t10-/m1/s1. The van der Waals surface area contributed by atoms with E-state index in [1.165, 1.54) is 0 Å². The van der Waals surface area contributed by atoms with E-state index in [-0.39, 0.29) is 0 Å². The highest BCUT2D eigenvalue weighted by Gasteiger charge is 2.83. The molecule has 0 radical (unpaired) electrons. The van der Waals surface area contributed by atoms with Gasteiger partial charge in [0.1, 0.15) is 4.33 Å². The third-order valence-corrected chi connectivity index (χ3v) is 6.11. The van der Waals surface area contributed by atoms with Crippen LogP contribution in [-0.4, -0.2) is 8.67 Å². The fourth-order valence-corrected chi connectivity index (χ4v) is 4.84. The lowest BCUT2D eigenvalue weighted by molar-refractivity contribution is 0.574.